The molecule has 0 aliphatic heterocycles. The van der Waals surface area contributed by atoms with Gasteiger partial charge in [0.15, 0.2) is 5.82 Å². The first-order valence-corrected chi connectivity index (χ1v) is 6.23. The van der Waals surface area contributed by atoms with Crippen molar-refractivity contribution in [1.29, 1.82) is 0 Å². The third-order valence-corrected chi connectivity index (χ3v) is 3.08. The van der Waals surface area contributed by atoms with Crippen LogP contribution in [0.1, 0.15) is 30.6 Å². The first-order chi connectivity index (χ1) is 8.88. The Kier molecular flexibility index (Phi) is 5.30. The van der Waals surface area contributed by atoms with Gasteiger partial charge in [0.2, 0.25) is 0 Å². The van der Waals surface area contributed by atoms with Crippen molar-refractivity contribution in [3.8, 4) is 0 Å². The van der Waals surface area contributed by atoms with Crippen molar-refractivity contribution in [2.75, 3.05) is 6.54 Å². The quantitative estimate of drug-likeness (QED) is 0.906. The van der Waals surface area contributed by atoms with Gasteiger partial charge in [-0.15, -0.1) is 0 Å². The summed E-state index contributed by atoms with van der Waals surface area (Å²) in [5.41, 5.74) is -0.147. The Morgan fingerprint density at radius 1 is 1.47 bits per heavy atom. The molecular weight excluding hydrogens is 273 g/mol. The zero-order valence-corrected chi connectivity index (χ0v) is 11.4. The summed E-state index contributed by atoms with van der Waals surface area (Å²) in [5.74, 6) is -2.35. The predicted octanol–water partition coefficient (Wildman–Crippen LogP) is 2.80. The van der Waals surface area contributed by atoms with Crippen LogP contribution in [0.5, 0.6) is 0 Å². The van der Waals surface area contributed by atoms with E-state index in [1.165, 1.54) is 23.1 Å². The largest absolute Gasteiger partial charge is 0.481 e. The Hall–Kier alpha value is -1.62. The Labute approximate surface area is 115 Å². The summed E-state index contributed by atoms with van der Waals surface area (Å²) in [6.45, 7) is 3.61. The van der Waals surface area contributed by atoms with Gasteiger partial charge in [0.1, 0.15) is 0 Å². The van der Waals surface area contributed by atoms with Crippen LogP contribution < -0.4 is 0 Å². The standard InChI is InChI=1S/C13H15ClFNO3/c1-3-16(8(2)7-11(17)18)13(19)9-5-4-6-10(14)12(9)15/h4-6,8H,3,7H2,1-2H3,(H,17,18). The van der Waals surface area contributed by atoms with E-state index in [0.717, 1.165) is 0 Å². The van der Waals surface area contributed by atoms with Crippen LogP contribution in [-0.2, 0) is 4.79 Å². The van der Waals surface area contributed by atoms with Crippen LogP contribution in [0.2, 0.25) is 5.02 Å². The van der Waals surface area contributed by atoms with Gasteiger partial charge >= 0.3 is 5.97 Å². The van der Waals surface area contributed by atoms with Gasteiger partial charge in [0.25, 0.3) is 5.91 Å². The molecule has 0 aliphatic carbocycles. The molecule has 1 aromatic carbocycles. The number of nitrogens with zero attached hydrogens (tertiary/aromatic N) is 1. The molecular formula is C13H15ClFNO3. The SMILES string of the molecule is CCN(C(=O)c1cccc(Cl)c1F)C(C)CC(=O)O. The maximum Gasteiger partial charge on any atom is 0.305 e. The Bertz CT molecular complexity index is 493. The van der Waals surface area contributed by atoms with Gasteiger partial charge in [-0.2, -0.15) is 0 Å². The highest BCUT2D eigenvalue weighted by Gasteiger charge is 2.24. The molecule has 0 heterocycles. The lowest BCUT2D eigenvalue weighted by molar-refractivity contribution is -0.138. The summed E-state index contributed by atoms with van der Waals surface area (Å²) >= 11 is 5.63. The van der Waals surface area contributed by atoms with E-state index >= 15 is 0 Å². The molecule has 1 amide bonds. The van der Waals surface area contributed by atoms with Gasteiger partial charge in [-0.05, 0) is 26.0 Å². The molecule has 1 N–H and O–H groups in total. The van der Waals surface area contributed by atoms with Crippen LogP contribution in [0.4, 0.5) is 4.39 Å². The highest BCUT2D eigenvalue weighted by atomic mass is 35.5. The fourth-order valence-corrected chi connectivity index (χ4v) is 2.02. The van der Waals surface area contributed by atoms with E-state index in [2.05, 4.69) is 0 Å². The Morgan fingerprint density at radius 3 is 2.63 bits per heavy atom. The molecule has 1 atom stereocenters. The third kappa shape index (κ3) is 3.67. The molecule has 1 rings (SSSR count). The van der Waals surface area contributed by atoms with E-state index in [4.69, 9.17) is 16.7 Å². The van der Waals surface area contributed by atoms with Gasteiger partial charge in [0.05, 0.1) is 17.0 Å². The number of carboxylic acids is 1. The highest BCUT2D eigenvalue weighted by molar-refractivity contribution is 6.31. The molecule has 104 valence electrons. The molecule has 6 heteroatoms. The molecule has 0 bridgehead atoms. The van der Waals surface area contributed by atoms with Crippen LogP contribution in [-0.4, -0.2) is 34.5 Å². The first kappa shape index (κ1) is 15.4. The average Bonchev–Trinajstić information content (AvgIpc) is 2.32. The van der Waals surface area contributed by atoms with E-state index in [9.17, 15) is 14.0 Å². The average molecular weight is 288 g/mol. The van der Waals surface area contributed by atoms with Crippen LogP contribution in [0.25, 0.3) is 0 Å². The number of carbonyl (C=O) groups is 2. The molecule has 0 aromatic heterocycles. The number of hydrogen-bond acceptors (Lipinski definition) is 2. The molecule has 1 aromatic rings. The fourth-order valence-electron chi connectivity index (χ4n) is 1.84. The molecule has 0 spiro atoms. The minimum Gasteiger partial charge on any atom is -0.481 e. The number of carbonyl (C=O) groups excluding carboxylic acids is 1. The van der Waals surface area contributed by atoms with Crippen LogP contribution in [0.15, 0.2) is 18.2 Å². The number of amides is 1. The summed E-state index contributed by atoms with van der Waals surface area (Å²) in [5, 5.41) is 8.61. The molecule has 19 heavy (non-hydrogen) atoms. The molecule has 0 saturated heterocycles. The van der Waals surface area contributed by atoms with E-state index < -0.39 is 23.7 Å². The van der Waals surface area contributed by atoms with Crippen molar-refractivity contribution in [1.82, 2.24) is 4.90 Å². The Morgan fingerprint density at radius 2 is 2.11 bits per heavy atom. The second kappa shape index (κ2) is 6.52. The maximum atomic E-state index is 13.8. The van der Waals surface area contributed by atoms with Crippen molar-refractivity contribution in [3.63, 3.8) is 0 Å². The van der Waals surface area contributed by atoms with Crippen molar-refractivity contribution >= 4 is 23.5 Å². The lowest BCUT2D eigenvalue weighted by atomic mass is 10.1. The zero-order chi connectivity index (χ0) is 14.6. The fraction of sp³-hybridized carbons (Fsp3) is 0.385. The molecule has 0 radical (unpaired) electrons. The van der Waals surface area contributed by atoms with Gasteiger partial charge in [-0.25, -0.2) is 4.39 Å². The second-order valence-electron chi connectivity index (χ2n) is 4.14. The number of benzene rings is 1. The summed E-state index contributed by atoms with van der Waals surface area (Å²) in [6, 6.07) is 3.65. The number of hydrogen-bond donors (Lipinski definition) is 1. The number of aliphatic carboxylic acids is 1. The first-order valence-electron chi connectivity index (χ1n) is 5.85. The minimum atomic E-state index is -1.01. The summed E-state index contributed by atoms with van der Waals surface area (Å²) in [4.78, 5) is 24.2. The van der Waals surface area contributed by atoms with Crippen LogP contribution >= 0.6 is 11.6 Å². The number of carboxylic acid groups (broad SMARTS) is 1. The topological polar surface area (TPSA) is 57.6 Å². The van der Waals surface area contributed by atoms with Gasteiger partial charge < -0.3 is 10.0 Å². The van der Waals surface area contributed by atoms with E-state index in [1.807, 2.05) is 0 Å². The van der Waals surface area contributed by atoms with Crippen molar-refractivity contribution in [2.24, 2.45) is 0 Å². The second-order valence-corrected chi connectivity index (χ2v) is 4.55. The predicted molar refractivity (Wildman–Crippen MR) is 69.8 cm³/mol. The Balaban J connectivity index is 3.02. The molecule has 0 saturated carbocycles. The molecule has 0 fully saturated rings. The van der Waals surface area contributed by atoms with E-state index in [-0.39, 0.29) is 17.0 Å². The van der Waals surface area contributed by atoms with Crippen LogP contribution in [0, 0.1) is 5.82 Å². The van der Waals surface area contributed by atoms with Crippen molar-refractivity contribution in [2.45, 2.75) is 26.3 Å². The molecule has 0 aliphatic rings. The van der Waals surface area contributed by atoms with Gasteiger partial charge in [-0.3, -0.25) is 9.59 Å². The van der Waals surface area contributed by atoms with Crippen molar-refractivity contribution in [3.05, 3.63) is 34.6 Å². The highest BCUT2D eigenvalue weighted by Crippen LogP contribution is 2.20. The number of halogens is 2. The summed E-state index contributed by atoms with van der Waals surface area (Å²) in [6.07, 6.45) is -0.193. The summed E-state index contributed by atoms with van der Waals surface area (Å²) < 4.78 is 13.8. The smallest absolute Gasteiger partial charge is 0.305 e. The molecule has 1 unspecified atom stereocenters. The van der Waals surface area contributed by atoms with E-state index in [0.29, 0.717) is 6.54 Å². The third-order valence-electron chi connectivity index (χ3n) is 2.79. The van der Waals surface area contributed by atoms with Gasteiger partial charge in [-0.1, -0.05) is 17.7 Å². The monoisotopic (exact) mass is 287 g/mol. The van der Waals surface area contributed by atoms with Crippen LogP contribution in [0.3, 0.4) is 0 Å². The normalized spacial score (nSPS) is 12.0. The summed E-state index contributed by atoms with van der Waals surface area (Å²) in [7, 11) is 0. The zero-order valence-electron chi connectivity index (χ0n) is 10.7. The maximum absolute atomic E-state index is 13.8. The minimum absolute atomic E-state index is 0.132. The molecule has 4 nitrogen and oxygen atoms in total. The number of rotatable bonds is 5. The van der Waals surface area contributed by atoms with Crippen molar-refractivity contribution < 1.29 is 19.1 Å². The van der Waals surface area contributed by atoms with Gasteiger partial charge in [0, 0.05) is 12.6 Å². The lowest BCUT2D eigenvalue weighted by Gasteiger charge is -2.27. The lowest BCUT2D eigenvalue weighted by Crippen LogP contribution is -2.40. The van der Waals surface area contributed by atoms with E-state index in [1.54, 1.807) is 13.8 Å².